The summed E-state index contributed by atoms with van der Waals surface area (Å²) in [4.78, 5) is 27.2. The number of fused-ring (bicyclic) bond motifs is 1. The van der Waals surface area contributed by atoms with Gasteiger partial charge in [-0.2, -0.15) is 0 Å². The fourth-order valence-electron chi connectivity index (χ4n) is 2.80. The van der Waals surface area contributed by atoms with Crippen LogP contribution in [0.2, 0.25) is 0 Å². The van der Waals surface area contributed by atoms with Gasteiger partial charge in [-0.15, -0.1) is 11.3 Å². The van der Waals surface area contributed by atoms with Gasteiger partial charge in [0.2, 0.25) is 11.8 Å². The minimum atomic E-state index is -0.952. The van der Waals surface area contributed by atoms with Gasteiger partial charge >= 0.3 is 5.97 Å². The fourth-order valence-corrected chi connectivity index (χ4v) is 4.11. The molecule has 7 nitrogen and oxygen atoms in total. The summed E-state index contributed by atoms with van der Waals surface area (Å²) in [6.45, 7) is 0.513. The van der Waals surface area contributed by atoms with Crippen LogP contribution in [0.15, 0.2) is 29.3 Å². The number of hydrogen-bond donors (Lipinski definition) is 3. The summed E-state index contributed by atoms with van der Waals surface area (Å²) in [6, 6.07) is 7.77. The molecule has 0 spiro atoms. The number of aliphatic carboxylic acids is 1. The predicted octanol–water partition coefficient (Wildman–Crippen LogP) is 3.61. The SMILES string of the molecule is O=C(O)CCNC(=O)CCCn1c(O)c(/C=C2\C=Nc3ccccc32)sc1=S. The van der Waals surface area contributed by atoms with E-state index in [4.69, 9.17) is 17.3 Å². The van der Waals surface area contributed by atoms with Gasteiger partial charge in [0.25, 0.3) is 0 Å². The molecule has 2 aromatic rings. The third-order valence-electron chi connectivity index (χ3n) is 4.18. The largest absolute Gasteiger partial charge is 0.493 e. The van der Waals surface area contributed by atoms with Crippen molar-refractivity contribution in [3.8, 4) is 5.88 Å². The Labute approximate surface area is 170 Å². The fraction of sp³-hybridized carbons (Fsp3) is 0.263. The van der Waals surface area contributed by atoms with Crippen molar-refractivity contribution in [1.82, 2.24) is 9.88 Å². The Hall–Kier alpha value is -2.78. The number of hydrogen-bond acceptors (Lipinski definition) is 6. The number of aliphatic imine (C=N–C) groups is 1. The first-order valence-electron chi connectivity index (χ1n) is 8.72. The van der Waals surface area contributed by atoms with Crippen LogP contribution in [0.4, 0.5) is 5.69 Å². The number of carboxylic acids is 1. The van der Waals surface area contributed by atoms with Crippen molar-refractivity contribution in [2.45, 2.75) is 25.8 Å². The number of nitrogens with zero attached hydrogens (tertiary/aromatic N) is 2. The third kappa shape index (κ3) is 4.73. The quantitative estimate of drug-likeness (QED) is 0.569. The van der Waals surface area contributed by atoms with Crippen LogP contribution in [0.25, 0.3) is 11.6 Å². The Bertz CT molecular complexity index is 1020. The summed E-state index contributed by atoms with van der Waals surface area (Å²) in [6.07, 6.45) is 4.23. The summed E-state index contributed by atoms with van der Waals surface area (Å²) < 4.78 is 2.13. The zero-order chi connectivity index (χ0) is 20.1. The Balaban J connectivity index is 1.63. The van der Waals surface area contributed by atoms with Crippen LogP contribution < -0.4 is 5.32 Å². The molecule has 0 fully saturated rings. The van der Waals surface area contributed by atoms with Crippen molar-refractivity contribution < 1.29 is 19.8 Å². The lowest BCUT2D eigenvalue weighted by Gasteiger charge is -2.06. The summed E-state index contributed by atoms with van der Waals surface area (Å²) >= 11 is 6.65. The highest BCUT2D eigenvalue weighted by Gasteiger charge is 2.15. The average molecular weight is 418 g/mol. The van der Waals surface area contributed by atoms with E-state index >= 15 is 0 Å². The van der Waals surface area contributed by atoms with Crippen LogP contribution in [-0.4, -0.2) is 39.4 Å². The topological polar surface area (TPSA) is 104 Å². The number of amides is 1. The molecule has 0 aliphatic carbocycles. The van der Waals surface area contributed by atoms with Gasteiger partial charge in [-0.1, -0.05) is 18.2 Å². The van der Waals surface area contributed by atoms with E-state index < -0.39 is 5.97 Å². The maximum atomic E-state index is 11.7. The van der Waals surface area contributed by atoms with Gasteiger partial charge < -0.3 is 15.5 Å². The molecule has 1 aromatic heterocycles. The van der Waals surface area contributed by atoms with E-state index in [0.717, 1.165) is 16.8 Å². The van der Waals surface area contributed by atoms with E-state index in [9.17, 15) is 14.7 Å². The number of carbonyl (C=O) groups is 2. The second-order valence-corrected chi connectivity index (χ2v) is 7.86. The second-order valence-electron chi connectivity index (χ2n) is 6.18. The van der Waals surface area contributed by atoms with E-state index in [2.05, 4.69) is 10.3 Å². The van der Waals surface area contributed by atoms with E-state index in [0.29, 0.717) is 21.8 Å². The minimum absolute atomic E-state index is 0.0755. The number of thiazole rings is 1. The number of allylic oxidation sites excluding steroid dienone is 1. The lowest BCUT2D eigenvalue weighted by Crippen LogP contribution is -2.25. The summed E-state index contributed by atoms with van der Waals surface area (Å²) in [5.41, 5.74) is 2.81. The van der Waals surface area contributed by atoms with Gasteiger partial charge in [0, 0.05) is 36.9 Å². The van der Waals surface area contributed by atoms with Gasteiger partial charge in [-0.05, 0) is 30.8 Å². The molecule has 0 atom stereocenters. The maximum Gasteiger partial charge on any atom is 0.305 e. The number of aromatic hydroxyl groups is 1. The molecule has 1 aliphatic heterocycles. The molecule has 0 saturated carbocycles. The molecule has 1 aliphatic rings. The average Bonchev–Trinajstić information content (AvgIpc) is 3.18. The molecule has 0 bridgehead atoms. The van der Waals surface area contributed by atoms with E-state index in [1.807, 2.05) is 30.3 Å². The highest BCUT2D eigenvalue weighted by atomic mass is 32.1. The van der Waals surface area contributed by atoms with Crippen LogP contribution in [0.3, 0.4) is 0 Å². The third-order valence-corrected chi connectivity index (χ3v) is 5.57. The molecule has 9 heteroatoms. The van der Waals surface area contributed by atoms with Crippen molar-refractivity contribution in [3.05, 3.63) is 38.7 Å². The molecular formula is C19H19N3O4S2. The molecular weight excluding hydrogens is 398 g/mol. The molecule has 2 heterocycles. The number of para-hydroxylation sites is 1. The van der Waals surface area contributed by atoms with Crippen molar-refractivity contribution in [2.24, 2.45) is 4.99 Å². The van der Waals surface area contributed by atoms with Gasteiger partial charge in [-0.25, -0.2) is 0 Å². The number of rotatable bonds is 8. The Morgan fingerprint density at radius 1 is 1.29 bits per heavy atom. The van der Waals surface area contributed by atoms with Crippen molar-refractivity contribution in [3.63, 3.8) is 0 Å². The summed E-state index contributed by atoms with van der Waals surface area (Å²) in [5.74, 6) is -1.10. The molecule has 28 heavy (non-hydrogen) atoms. The molecule has 3 rings (SSSR count). The number of benzene rings is 1. The zero-order valence-electron chi connectivity index (χ0n) is 14.9. The number of nitrogens with one attached hydrogen (secondary N) is 1. The number of aromatic nitrogens is 1. The molecule has 1 amide bonds. The first-order valence-corrected chi connectivity index (χ1v) is 9.94. The highest BCUT2D eigenvalue weighted by Crippen LogP contribution is 2.35. The normalized spacial score (nSPS) is 13.6. The van der Waals surface area contributed by atoms with Crippen LogP contribution in [0.1, 0.15) is 29.7 Å². The van der Waals surface area contributed by atoms with Crippen LogP contribution in [-0.2, 0) is 16.1 Å². The van der Waals surface area contributed by atoms with E-state index in [1.165, 1.54) is 11.3 Å². The van der Waals surface area contributed by atoms with Crippen LogP contribution in [0.5, 0.6) is 5.88 Å². The van der Waals surface area contributed by atoms with Crippen LogP contribution >= 0.6 is 23.6 Å². The van der Waals surface area contributed by atoms with Gasteiger partial charge in [0.05, 0.1) is 17.0 Å². The molecule has 1 aromatic carbocycles. The summed E-state index contributed by atoms with van der Waals surface area (Å²) in [5, 5.41) is 21.7. The molecule has 0 unspecified atom stereocenters. The Morgan fingerprint density at radius 3 is 2.86 bits per heavy atom. The summed E-state index contributed by atoms with van der Waals surface area (Å²) in [7, 11) is 0. The van der Waals surface area contributed by atoms with Crippen molar-refractivity contribution >= 4 is 59.0 Å². The first-order chi connectivity index (χ1) is 13.5. The molecule has 0 saturated heterocycles. The Kier molecular flexibility index (Phi) is 6.37. The molecule has 0 radical (unpaired) electrons. The van der Waals surface area contributed by atoms with Gasteiger partial charge in [-0.3, -0.25) is 19.1 Å². The van der Waals surface area contributed by atoms with Crippen molar-refractivity contribution in [2.75, 3.05) is 6.54 Å². The van der Waals surface area contributed by atoms with Gasteiger partial charge in [0.15, 0.2) is 3.95 Å². The molecule has 3 N–H and O–H groups in total. The smallest absolute Gasteiger partial charge is 0.305 e. The first kappa shape index (κ1) is 20.0. The Morgan fingerprint density at radius 2 is 2.07 bits per heavy atom. The zero-order valence-corrected chi connectivity index (χ0v) is 16.6. The predicted molar refractivity (Wildman–Crippen MR) is 112 cm³/mol. The van der Waals surface area contributed by atoms with Gasteiger partial charge in [0.1, 0.15) is 0 Å². The lowest BCUT2D eigenvalue weighted by molar-refractivity contribution is -0.136. The van der Waals surface area contributed by atoms with E-state index in [-0.39, 0.29) is 31.2 Å². The lowest BCUT2D eigenvalue weighted by atomic mass is 10.1. The van der Waals surface area contributed by atoms with Crippen molar-refractivity contribution in [1.29, 1.82) is 0 Å². The second kappa shape index (κ2) is 8.94. The molecule has 146 valence electrons. The van der Waals surface area contributed by atoms with E-state index in [1.54, 1.807) is 10.8 Å². The monoisotopic (exact) mass is 417 g/mol. The number of carbonyl (C=O) groups excluding carboxylic acids is 1. The standard InChI is InChI=1S/C19H19N3O4S2/c23-16(20-8-7-17(24)25)6-3-9-22-18(26)15(28-19(22)27)10-12-11-21-14-5-2-1-4-13(12)14/h1-2,4-5,10-11,26H,3,6-9H2,(H,20,23)(H,24,25)/b12-10+. The minimum Gasteiger partial charge on any atom is -0.493 e. The van der Waals surface area contributed by atoms with Crippen LogP contribution in [0, 0.1) is 3.95 Å². The highest BCUT2D eigenvalue weighted by molar-refractivity contribution is 7.73. The maximum absolute atomic E-state index is 11.7. The number of carboxylic acid groups (broad SMARTS) is 1.